The molecule has 1 saturated carbocycles. The first kappa shape index (κ1) is 18.3. The zero-order valence-electron chi connectivity index (χ0n) is 14.6. The number of nitriles is 1. The summed E-state index contributed by atoms with van der Waals surface area (Å²) in [6.07, 6.45) is 18.0. The van der Waals surface area contributed by atoms with Crippen molar-refractivity contribution >= 4 is 5.96 Å². The van der Waals surface area contributed by atoms with Crippen LogP contribution >= 0.6 is 0 Å². The zero-order valence-corrected chi connectivity index (χ0v) is 14.6. The minimum atomic E-state index is 0.614. The Morgan fingerprint density at radius 3 is 2.92 bits per heavy atom. The molecule has 1 aliphatic carbocycles. The molecule has 3 N–H and O–H groups in total. The van der Waals surface area contributed by atoms with Gasteiger partial charge in [-0.05, 0) is 38.0 Å². The van der Waals surface area contributed by atoms with Crippen LogP contribution in [0.1, 0.15) is 63.5 Å². The maximum atomic E-state index is 8.83. The summed E-state index contributed by atoms with van der Waals surface area (Å²) < 4.78 is 0. The summed E-state index contributed by atoms with van der Waals surface area (Å²) in [6, 6.07) is 0. The van der Waals surface area contributed by atoms with E-state index in [9.17, 15) is 0 Å². The van der Waals surface area contributed by atoms with E-state index in [-0.39, 0.29) is 0 Å². The Morgan fingerprint density at radius 1 is 1.29 bits per heavy atom. The van der Waals surface area contributed by atoms with Crippen LogP contribution in [-0.2, 0) is 6.42 Å². The molecule has 1 fully saturated rings. The van der Waals surface area contributed by atoms with Crippen LogP contribution in [0.5, 0.6) is 0 Å². The van der Waals surface area contributed by atoms with E-state index >= 15 is 0 Å². The lowest BCUT2D eigenvalue weighted by atomic mass is 9.86. The molecule has 0 saturated heterocycles. The average Bonchev–Trinajstić information content (AvgIpc) is 3.12. The van der Waals surface area contributed by atoms with Crippen LogP contribution in [0.25, 0.3) is 0 Å². The SMILES string of the molecule is N#CNC(=NCCCC1CCCCC1)NCCCCc1cnc[nH]1. The van der Waals surface area contributed by atoms with Crippen molar-refractivity contribution < 1.29 is 0 Å². The Morgan fingerprint density at radius 2 is 2.17 bits per heavy atom. The molecule has 0 bridgehead atoms. The highest BCUT2D eigenvalue weighted by Gasteiger charge is 2.12. The van der Waals surface area contributed by atoms with Crippen LogP contribution < -0.4 is 10.6 Å². The minimum absolute atomic E-state index is 0.614. The molecule has 6 nitrogen and oxygen atoms in total. The summed E-state index contributed by atoms with van der Waals surface area (Å²) in [5, 5.41) is 14.7. The van der Waals surface area contributed by atoms with Crippen LogP contribution in [-0.4, -0.2) is 29.0 Å². The fourth-order valence-electron chi connectivity index (χ4n) is 3.31. The van der Waals surface area contributed by atoms with Crippen molar-refractivity contribution in [2.75, 3.05) is 13.1 Å². The van der Waals surface area contributed by atoms with Gasteiger partial charge in [-0.2, -0.15) is 5.26 Å². The molecule has 1 heterocycles. The zero-order chi connectivity index (χ0) is 16.9. The number of aryl methyl sites for hydroxylation is 1. The van der Waals surface area contributed by atoms with Gasteiger partial charge in [-0.1, -0.05) is 32.1 Å². The van der Waals surface area contributed by atoms with Crippen LogP contribution in [0, 0.1) is 17.4 Å². The molecule has 1 aromatic heterocycles. The summed E-state index contributed by atoms with van der Waals surface area (Å²) >= 11 is 0. The Hall–Kier alpha value is -2.03. The molecule has 1 aliphatic rings. The van der Waals surface area contributed by atoms with Crippen molar-refractivity contribution in [3.63, 3.8) is 0 Å². The topological polar surface area (TPSA) is 88.9 Å². The summed E-state index contributed by atoms with van der Waals surface area (Å²) in [7, 11) is 0. The number of aliphatic imine (C=N–C) groups is 1. The molecule has 2 rings (SSSR count). The van der Waals surface area contributed by atoms with Gasteiger partial charge >= 0.3 is 0 Å². The number of imidazole rings is 1. The fraction of sp³-hybridized carbons (Fsp3) is 0.722. The molecule has 0 spiro atoms. The van der Waals surface area contributed by atoms with Gasteiger partial charge in [-0.25, -0.2) is 4.98 Å². The third kappa shape index (κ3) is 7.49. The monoisotopic (exact) mass is 330 g/mol. The molecule has 0 aliphatic heterocycles. The van der Waals surface area contributed by atoms with Gasteiger partial charge in [-0.15, -0.1) is 0 Å². The molecule has 0 amide bonds. The summed E-state index contributed by atoms with van der Waals surface area (Å²) in [4.78, 5) is 11.6. The quantitative estimate of drug-likeness (QED) is 0.213. The first-order chi connectivity index (χ1) is 11.9. The number of aromatic nitrogens is 2. The van der Waals surface area contributed by atoms with E-state index < -0.39 is 0 Å². The number of nitrogens with zero attached hydrogens (tertiary/aromatic N) is 3. The third-order valence-electron chi connectivity index (χ3n) is 4.66. The molecular formula is C18H30N6. The number of hydrogen-bond donors (Lipinski definition) is 3. The normalized spacial score (nSPS) is 15.9. The molecule has 6 heteroatoms. The van der Waals surface area contributed by atoms with E-state index in [2.05, 4.69) is 25.6 Å². The van der Waals surface area contributed by atoms with Crippen molar-refractivity contribution in [3.05, 3.63) is 18.2 Å². The highest BCUT2D eigenvalue weighted by Crippen LogP contribution is 2.27. The van der Waals surface area contributed by atoms with Gasteiger partial charge in [0, 0.05) is 25.0 Å². The Labute approximate surface area is 145 Å². The molecule has 24 heavy (non-hydrogen) atoms. The van der Waals surface area contributed by atoms with Gasteiger partial charge in [0.15, 0.2) is 6.19 Å². The van der Waals surface area contributed by atoms with Crippen molar-refractivity contribution in [2.24, 2.45) is 10.9 Å². The third-order valence-corrected chi connectivity index (χ3v) is 4.66. The number of unbranched alkanes of at least 4 members (excludes halogenated alkanes) is 1. The predicted molar refractivity (Wildman–Crippen MR) is 96.4 cm³/mol. The Kier molecular flexibility index (Phi) is 8.77. The molecule has 132 valence electrons. The minimum Gasteiger partial charge on any atom is -0.356 e. The van der Waals surface area contributed by atoms with E-state index in [0.717, 1.165) is 44.7 Å². The van der Waals surface area contributed by atoms with Crippen molar-refractivity contribution in [2.45, 2.75) is 64.2 Å². The lowest BCUT2D eigenvalue weighted by Gasteiger charge is -2.20. The lowest BCUT2D eigenvalue weighted by Crippen LogP contribution is -2.35. The average molecular weight is 330 g/mol. The van der Waals surface area contributed by atoms with E-state index in [4.69, 9.17) is 5.26 Å². The van der Waals surface area contributed by atoms with Crippen LogP contribution in [0.15, 0.2) is 17.5 Å². The Bertz CT molecular complexity index is 496. The second-order valence-corrected chi connectivity index (χ2v) is 6.57. The standard InChI is InChI=1S/C18H30N6/c19-14-23-18(21-11-5-4-10-17-13-20-15-24-17)22-12-6-9-16-7-2-1-3-8-16/h13,15-16H,1-12H2,(H,20,24)(H2,21,22,23). The predicted octanol–water partition coefficient (Wildman–Crippen LogP) is 3.11. The number of rotatable bonds is 9. The summed E-state index contributed by atoms with van der Waals surface area (Å²) in [5.41, 5.74) is 1.17. The molecule has 0 radical (unpaired) electrons. The van der Waals surface area contributed by atoms with Crippen LogP contribution in [0.3, 0.4) is 0 Å². The van der Waals surface area contributed by atoms with E-state index in [1.165, 1.54) is 44.2 Å². The van der Waals surface area contributed by atoms with Gasteiger partial charge < -0.3 is 10.3 Å². The summed E-state index contributed by atoms with van der Waals surface area (Å²) in [6.45, 7) is 1.62. The van der Waals surface area contributed by atoms with E-state index in [1.54, 1.807) is 6.33 Å². The van der Waals surface area contributed by atoms with Gasteiger partial charge in [0.05, 0.1) is 6.33 Å². The molecule has 0 aromatic carbocycles. The first-order valence-electron chi connectivity index (χ1n) is 9.29. The number of H-pyrrole nitrogens is 1. The second kappa shape index (κ2) is 11.5. The maximum absolute atomic E-state index is 8.83. The lowest BCUT2D eigenvalue weighted by molar-refractivity contribution is 0.334. The van der Waals surface area contributed by atoms with E-state index in [1.807, 2.05) is 12.4 Å². The number of hydrogen-bond acceptors (Lipinski definition) is 3. The molecule has 1 aromatic rings. The number of guanidine groups is 1. The van der Waals surface area contributed by atoms with Crippen LogP contribution in [0.2, 0.25) is 0 Å². The van der Waals surface area contributed by atoms with Crippen LogP contribution in [0.4, 0.5) is 0 Å². The Balaban J connectivity index is 1.56. The van der Waals surface area contributed by atoms with Gasteiger partial charge in [0.25, 0.3) is 0 Å². The maximum Gasteiger partial charge on any atom is 0.204 e. The fourth-order valence-corrected chi connectivity index (χ4v) is 3.31. The highest BCUT2D eigenvalue weighted by atomic mass is 15.2. The van der Waals surface area contributed by atoms with Gasteiger partial charge in [-0.3, -0.25) is 10.3 Å². The smallest absolute Gasteiger partial charge is 0.204 e. The first-order valence-corrected chi connectivity index (χ1v) is 9.29. The van der Waals surface area contributed by atoms with Crippen molar-refractivity contribution in [1.29, 1.82) is 5.26 Å². The van der Waals surface area contributed by atoms with Crippen molar-refractivity contribution in [1.82, 2.24) is 20.6 Å². The highest BCUT2D eigenvalue weighted by molar-refractivity contribution is 5.81. The van der Waals surface area contributed by atoms with Gasteiger partial charge in [0.1, 0.15) is 0 Å². The second-order valence-electron chi connectivity index (χ2n) is 6.57. The van der Waals surface area contributed by atoms with Crippen molar-refractivity contribution in [3.8, 4) is 6.19 Å². The number of aromatic amines is 1. The van der Waals surface area contributed by atoms with E-state index in [0.29, 0.717) is 5.96 Å². The molecular weight excluding hydrogens is 300 g/mol. The largest absolute Gasteiger partial charge is 0.356 e. The molecule has 0 atom stereocenters. The number of nitrogens with one attached hydrogen (secondary N) is 3. The van der Waals surface area contributed by atoms with Gasteiger partial charge in [0.2, 0.25) is 5.96 Å². The molecule has 0 unspecified atom stereocenters. The summed E-state index contributed by atoms with van der Waals surface area (Å²) in [5.74, 6) is 1.51.